The third kappa shape index (κ3) is 3.02. The van der Waals surface area contributed by atoms with Gasteiger partial charge in [-0.2, -0.15) is 0 Å². The standard InChI is InChI=1S/C14H20/c1-5-12(4)14-8-6-7-13(10-14)9-11(2)3/h5-8,10-12H,1,9H2,2-4H3. The Labute approximate surface area is 87.7 Å². The molecule has 1 unspecified atom stereocenters. The van der Waals surface area contributed by atoms with Crippen LogP contribution >= 0.6 is 0 Å². The number of hydrogen-bond acceptors (Lipinski definition) is 0. The van der Waals surface area contributed by atoms with Crippen LogP contribution in [0.1, 0.15) is 37.8 Å². The van der Waals surface area contributed by atoms with Crippen LogP contribution in [0.5, 0.6) is 0 Å². The summed E-state index contributed by atoms with van der Waals surface area (Å²) in [5, 5.41) is 0. The fraction of sp³-hybridized carbons (Fsp3) is 0.429. The lowest BCUT2D eigenvalue weighted by Crippen LogP contribution is -1.96. The van der Waals surface area contributed by atoms with E-state index in [1.54, 1.807) is 0 Å². The topological polar surface area (TPSA) is 0 Å². The van der Waals surface area contributed by atoms with E-state index in [0.717, 1.165) is 12.3 Å². The van der Waals surface area contributed by atoms with E-state index >= 15 is 0 Å². The molecule has 76 valence electrons. The van der Waals surface area contributed by atoms with Gasteiger partial charge in [0.15, 0.2) is 0 Å². The zero-order chi connectivity index (χ0) is 10.6. The summed E-state index contributed by atoms with van der Waals surface area (Å²) in [5.74, 6) is 1.19. The summed E-state index contributed by atoms with van der Waals surface area (Å²) in [6.45, 7) is 10.5. The normalized spacial score (nSPS) is 12.9. The molecule has 0 N–H and O–H groups in total. The Balaban J connectivity index is 2.83. The number of benzene rings is 1. The average molecular weight is 188 g/mol. The van der Waals surface area contributed by atoms with E-state index in [0.29, 0.717) is 5.92 Å². The first kappa shape index (κ1) is 11.0. The molecule has 0 heteroatoms. The van der Waals surface area contributed by atoms with Crippen LogP contribution in [0.25, 0.3) is 0 Å². The van der Waals surface area contributed by atoms with Crippen molar-refractivity contribution >= 4 is 0 Å². The Bertz CT molecular complexity index is 297. The molecule has 1 rings (SSSR count). The van der Waals surface area contributed by atoms with Crippen LogP contribution in [0.3, 0.4) is 0 Å². The number of allylic oxidation sites excluding steroid dienone is 1. The van der Waals surface area contributed by atoms with Crippen molar-refractivity contribution in [2.75, 3.05) is 0 Å². The second kappa shape index (κ2) is 4.99. The Morgan fingerprint density at radius 1 is 1.29 bits per heavy atom. The van der Waals surface area contributed by atoms with E-state index in [1.165, 1.54) is 11.1 Å². The van der Waals surface area contributed by atoms with Gasteiger partial charge >= 0.3 is 0 Å². The molecule has 0 saturated carbocycles. The SMILES string of the molecule is C=CC(C)c1cccc(CC(C)C)c1. The lowest BCUT2D eigenvalue weighted by atomic mass is 9.96. The second-order valence-corrected chi connectivity index (χ2v) is 4.37. The quantitative estimate of drug-likeness (QED) is 0.622. The first-order valence-electron chi connectivity index (χ1n) is 5.35. The smallest absolute Gasteiger partial charge is 0.00130 e. The van der Waals surface area contributed by atoms with Crippen LogP contribution in [0.2, 0.25) is 0 Å². The second-order valence-electron chi connectivity index (χ2n) is 4.37. The maximum absolute atomic E-state index is 3.83. The third-order valence-corrected chi connectivity index (χ3v) is 2.47. The number of rotatable bonds is 4. The van der Waals surface area contributed by atoms with Gasteiger partial charge in [0.2, 0.25) is 0 Å². The Hall–Kier alpha value is -1.04. The maximum atomic E-state index is 3.83. The van der Waals surface area contributed by atoms with Gasteiger partial charge < -0.3 is 0 Å². The highest BCUT2D eigenvalue weighted by molar-refractivity contribution is 5.28. The summed E-state index contributed by atoms with van der Waals surface area (Å²) in [5.41, 5.74) is 2.81. The lowest BCUT2D eigenvalue weighted by Gasteiger charge is -2.10. The molecule has 0 aliphatic rings. The van der Waals surface area contributed by atoms with E-state index in [9.17, 15) is 0 Å². The molecule has 1 atom stereocenters. The summed E-state index contributed by atoms with van der Waals surface area (Å²) in [6, 6.07) is 8.83. The molecule has 0 fully saturated rings. The Morgan fingerprint density at radius 3 is 2.57 bits per heavy atom. The van der Waals surface area contributed by atoms with Gasteiger partial charge in [0.05, 0.1) is 0 Å². The minimum atomic E-state index is 0.460. The zero-order valence-corrected chi connectivity index (χ0v) is 9.46. The Morgan fingerprint density at radius 2 is 2.00 bits per heavy atom. The number of hydrogen-bond donors (Lipinski definition) is 0. The highest BCUT2D eigenvalue weighted by Gasteiger charge is 2.02. The lowest BCUT2D eigenvalue weighted by molar-refractivity contribution is 0.646. The van der Waals surface area contributed by atoms with Gasteiger partial charge in [0.1, 0.15) is 0 Å². The minimum Gasteiger partial charge on any atom is -0.102 e. The molecule has 0 saturated heterocycles. The van der Waals surface area contributed by atoms with E-state index < -0.39 is 0 Å². The molecule has 0 aromatic heterocycles. The highest BCUT2D eigenvalue weighted by atomic mass is 14.1. The van der Waals surface area contributed by atoms with Crippen molar-refractivity contribution in [2.45, 2.75) is 33.1 Å². The van der Waals surface area contributed by atoms with Crippen molar-refractivity contribution in [3.05, 3.63) is 48.0 Å². The van der Waals surface area contributed by atoms with Gasteiger partial charge in [0, 0.05) is 0 Å². The van der Waals surface area contributed by atoms with Crippen molar-refractivity contribution in [1.82, 2.24) is 0 Å². The molecule has 0 aliphatic heterocycles. The van der Waals surface area contributed by atoms with Crippen LogP contribution in [-0.4, -0.2) is 0 Å². The van der Waals surface area contributed by atoms with Gasteiger partial charge in [-0.25, -0.2) is 0 Å². The van der Waals surface area contributed by atoms with Crippen LogP contribution in [0, 0.1) is 5.92 Å². The molecular formula is C14H20. The van der Waals surface area contributed by atoms with Crippen LogP contribution in [0.4, 0.5) is 0 Å². The van der Waals surface area contributed by atoms with Crippen LogP contribution in [-0.2, 0) is 6.42 Å². The van der Waals surface area contributed by atoms with Crippen LogP contribution in [0.15, 0.2) is 36.9 Å². The minimum absolute atomic E-state index is 0.460. The molecule has 0 nitrogen and oxygen atoms in total. The fourth-order valence-electron chi connectivity index (χ4n) is 1.61. The summed E-state index contributed by atoms with van der Waals surface area (Å²) in [4.78, 5) is 0. The fourth-order valence-corrected chi connectivity index (χ4v) is 1.61. The van der Waals surface area contributed by atoms with Gasteiger partial charge in [-0.3, -0.25) is 0 Å². The third-order valence-electron chi connectivity index (χ3n) is 2.47. The Kier molecular flexibility index (Phi) is 3.94. The first-order valence-corrected chi connectivity index (χ1v) is 5.35. The molecule has 14 heavy (non-hydrogen) atoms. The van der Waals surface area contributed by atoms with Gasteiger partial charge in [-0.1, -0.05) is 51.1 Å². The zero-order valence-electron chi connectivity index (χ0n) is 9.46. The molecule has 0 radical (unpaired) electrons. The predicted octanol–water partition coefficient (Wildman–Crippen LogP) is 4.17. The first-order chi connectivity index (χ1) is 6.63. The summed E-state index contributed by atoms with van der Waals surface area (Å²) in [7, 11) is 0. The van der Waals surface area contributed by atoms with E-state index in [1.807, 2.05) is 6.08 Å². The van der Waals surface area contributed by atoms with E-state index in [2.05, 4.69) is 51.6 Å². The van der Waals surface area contributed by atoms with Gasteiger partial charge in [0.25, 0.3) is 0 Å². The summed E-state index contributed by atoms with van der Waals surface area (Å²) in [6.07, 6.45) is 3.16. The summed E-state index contributed by atoms with van der Waals surface area (Å²) >= 11 is 0. The largest absolute Gasteiger partial charge is 0.102 e. The molecule has 1 aromatic carbocycles. The van der Waals surface area contributed by atoms with E-state index in [4.69, 9.17) is 0 Å². The molecule has 1 aromatic rings. The molecule has 0 bridgehead atoms. The average Bonchev–Trinajstić information content (AvgIpc) is 2.16. The predicted molar refractivity (Wildman–Crippen MR) is 63.6 cm³/mol. The molecular weight excluding hydrogens is 168 g/mol. The maximum Gasteiger partial charge on any atom is -0.00130 e. The molecule has 0 amide bonds. The highest BCUT2D eigenvalue weighted by Crippen LogP contribution is 2.18. The molecule has 0 spiro atoms. The molecule has 0 aliphatic carbocycles. The van der Waals surface area contributed by atoms with Crippen molar-refractivity contribution in [2.24, 2.45) is 5.92 Å². The van der Waals surface area contributed by atoms with Crippen LogP contribution < -0.4 is 0 Å². The summed E-state index contributed by atoms with van der Waals surface area (Å²) < 4.78 is 0. The van der Waals surface area contributed by atoms with Crippen molar-refractivity contribution < 1.29 is 0 Å². The van der Waals surface area contributed by atoms with Gasteiger partial charge in [-0.05, 0) is 29.4 Å². The monoisotopic (exact) mass is 188 g/mol. The van der Waals surface area contributed by atoms with Gasteiger partial charge in [-0.15, -0.1) is 6.58 Å². The van der Waals surface area contributed by atoms with E-state index in [-0.39, 0.29) is 0 Å². The van der Waals surface area contributed by atoms with Crippen molar-refractivity contribution in [3.8, 4) is 0 Å². The van der Waals surface area contributed by atoms with Crippen molar-refractivity contribution in [3.63, 3.8) is 0 Å². The van der Waals surface area contributed by atoms with Crippen molar-refractivity contribution in [1.29, 1.82) is 0 Å². The molecule has 0 heterocycles.